The summed E-state index contributed by atoms with van der Waals surface area (Å²) in [6.45, 7) is 6.77. The summed E-state index contributed by atoms with van der Waals surface area (Å²) >= 11 is 0. The number of nitrogens with one attached hydrogen (secondary N) is 2. The monoisotopic (exact) mass is 452 g/mol. The Labute approximate surface area is 183 Å². The summed E-state index contributed by atoms with van der Waals surface area (Å²) in [4.78, 5) is 16.2. The quantitative estimate of drug-likeness (QED) is 0.477. The van der Waals surface area contributed by atoms with Gasteiger partial charge >= 0.3 is 6.18 Å². The van der Waals surface area contributed by atoms with E-state index in [0.717, 1.165) is 25.0 Å². The van der Waals surface area contributed by atoms with Crippen molar-refractivity contribution in [2.24, 2.45) is 5.92 Å². The van der Waals surface area contributed by atoms with Crippen LogP contribution in [0, 0.1) is 12.8 Å². The van der Waals surface area contributed by atoms with Crippen LogP contribution in [0.25, 0.3) is 16.7 Å². The highest BCUT2D eigenvalue weighted by molar-refractivity contribution is 5.88. The molecule has 0 aliphatic rings. The predicted octanol–water partition coefficient (Wildman–Crippen LogP) is 3.97. The second-order valence-electron chi connectivity index (χ2n) is 7.99. The van der Waals surface area contributed by atoms with Gasteiger partial charge in [0.05, 0.1) is 18.2 Å². The van der Waals surface area contributed by atoms with Crippen molar-refractivity contribution in [2.75, 3.05) is 25.5 Å². The fourth-order valence-electron chi connectivity index (χ4n) is 3.41. The van der Waals surface area contributed by atoms with Crippen molar-refractivity contribution < 1.29 is 22.7 Å². The van der Waals surface area contributed by atoms with Gasteiger partial charge in [-0.25, -0.2) is 4.98 Å². The minimum absolute atomic E-state index is 0.0146. The molecule has 32 heavy (non-hydrogen) atoms. The molecule has 2 N–H and O–H groups in total. The lowest BCUT2D eigenvalue weighted by Gasteiger charge is -2.15. The molecule has 0 spiro atoms. The van der Waals surface area contributed by atoms with Crippen molar-refractivity contribution in [3.05, 3.63) is 23.5 Å². The molecule has 1 aromatic carbocycles. The van der Waals surface area contributed by atoms with Crippen LogP contribution in [0.2, 0.25) is 0 Å². The molecule has 0 unspecified atom stereocenters. The number of benzene rings is 1. The van der Waals surface area contributed by atoms with Crippen LogP contribution in [-0.2, 0) is 11.0 Å². The number of hydrogen-bond acceptors (Lipinski definition) is 6. The molecule has 11 heteroatoms. The first kappa shape index (κ1) is 23.6. The molecule has 0 radical (unpaired) electrons. The molecule has 0 saturated heterocycles. The molecule has 0 atom stereocenters. The average molecular weight is 452 g/mol. The number of halogens is 3. The Kier molecular flexibility index (Phi) is 7.05. The van der Waals surface area contributed by atoms with Crippen molar-refractivity contribution in [1.82, 2.24) is 24.9 Å². The maximum atomic E-state index is 13.4. The summed E-state index contributed by atoms with van der Waals surface area (Å²) in [5.41, 5.74) is -0.00757. The van der Waals surface area contributed by atoms with Crippen LogP contribution in [0.1, 0.15) is 44.5 Å². The van der Waals surface area contributed by atoms with Gasteiger partial charge in [0.2, 0.25) is 11.6 Å². The van der Waals surface area contributed by atoms with Gasteiger partial charge in [-0.2, -0.15) is 13.2 Å². The van der Waals surface area contributed by atoms with Crippen LogP contribution < -0.4 is 15.4 Å². The number of anilines is 1. The van der Waals surface area contributed by atoms with E-state index in [4.69, 9.17) is 4.74 Å². The fraction of sp³-hybridized carbons (Fsp3) is 0.524. The van der Waals surface area contributed by atoms with Gasteiger partial charge in [-0.3, -0.25) is 9.20 Å². The Bertz CT molecular complexity index is 1110. The van der Waals surface area contributed by atoms with Crippen molar-refractivity contribution in [3.8, 4) is 5.75 Å². The van der Waals surface area contributed by atoms with Crippen molar-refractivity contribution >= 4 is 28.4 Å². The third-order valence-electron chi connectivity index (χ3n) is 4.92. The van der Waals surface area contributed by atoms with Crippen LogP contribution >= 0.6 is 0 Å². The molecule has 174 valence electrons. The van der Waals surface area contributed by atoms with Crippen molar-refractivity contribution in [2.45, 2.75) is 46.2 Å². The largest absolute Gasteiger partial charge is 0.494 e. The Hall–Kier alpha value is -3.11. The SMILES string of the molecule is COc1cc(C(F)(F)F)cc2c1nc(NCCCCNC(=O)CC(C)C)c1nnc(C)n12. The normalized spacial score (nSPS) is 12.0. The molecule has 0 aliphatic carbocycles. The van der Waals surface area contributed by atoms with Gasteiger partial charge in [0.15, 0.2) is 5.82 Å². The summed E-state index contributed by atoms with van der Waals surface area (Å²) in [7, 11) is 1.31. The number of carbonyl (C=O) groups excluding carboxylic acids is 1. The van der Waals surface area contributed by atoms with E-state index in [-0.39, 0.29) is 22.7 Å². The number of carbonyl (C=O) groups is 1. The van der Waals surface area contributed by atoms with Crippen molar-refractivity contribution in [3.63, 3.8) is 0 Å². The molecule has 2 aromatic heterocycles. The van der Waals surface area contributed by atoms with E-state index in [1.807, 2.05) is 13.8 Å². The van der Waals surface area contributed by atoms with Crippen LogP contribution in [0.3, 0.4) is 0 Å². The van der Waals surface area contributed by atoms with Gasteiger partial charge in [-0.05, 0) is 37.8 Å². The van der Waals surface area contributed by atoms with E-state index in [1.165, 1.54) is 11.5 Å². The summed E-state index contributed by atoms with van der Waals surface area (Å²) < 4.78 is 46.8. The highest BCUT2D eigenvalue weighted by Crippen LogP contribution is 2.37. The van der Waals surface area contributed by atoms with E-state index in [9.17, 15) is 18.0 Å². The predicted molar refractivity (Wildman–Crippen MR) is 115 cm³/mol. The van der Waals surface area contributed by atoms with E-state index < -0.39 is 11.7 Å². The molecule has 3 aromatic rings. The Morgan fingerprint density at radius 3 is 2.56 bits per heavy atom. The number of hydrogen-bond donors (Lipinski definition) is 2. The lowest BCUT2D eigenvalue weighted by atomic mass is 10.1. The summed E-state index contributed by atoms with van der Waals surface area (Å²) in [5.74, 6) is 1.20. The van der Waals surface area contributed by atoms with Crippen molar-refractivity contribution in [1.29, 1.82) is 0 Å². The first-order valence-electron chi connectivity index (χ1n) is 10.4. The zero-order chi connectivity index (χ0) is 23.5. The van der Waals surface area contributed by atoms with Gasteiger partial charge in [0.1, 0.15) is 17.1 Å². The number of methoxy groups -OCH3 is 1. The molecule has 1 amide bonds. The van der Waals surface area contributed by atoms with Crippen LogP contribution in [0.4, 0.5) is 19.0 Å². The first-order valence-corrected chi connectivity index (χ1v) is 10.4. The molecule has 0 saturated carbocycles. The zero-order valence-corrected chi connectivity index (χ0v) is 18.5. The Balaban J connectivity index is 1.80. The zero-order valence-electron chi connectivity index (χ0n) is 18.5. The van der Waals surface area contributed by atoms with Gasteiger partial charge in [-0.15, -0.1) is 10.2 Å². The molecule has 2 heterocycles. The second-order valence-corrected chi connectivity index (χ2v) is 7.99. The standard InChI is InChI=1S/C21H27F3N6O2/c1-12(2)9-17(31)25-7-5-6-8-26-19-20-29-28-13(3)30(20)15-10-14(21(22,23)24)11-16(32-4)18(15)27-19/h10-12H,5-9H2,1-4H3,(H,25,31)(H,26,27). The number of aryl methyl sites for hydroxylation is 1. The first-order chi connectivity index (χ1) is 15.1. The van der Waals surface area contributed by atoms with Gasteiger partial charge in [-0.1, -0.05) is 13.8 Å². The third-order valence-corrected chi connectivity index (χ3v) is 4.92. The Morgan fingerprint density at radius 1 is 1.19 bits per heavy atom. The highest BCUT2D eigenvalue weighted by atomic mass is 19.4. The smallest absolute Gasteiger partial charge is 0.416 e. The third kappa shape index (κ3) is 5.20. The molecular weight excluding hydrogens is 425 g/mol. The van der Waals surface area contributed by atoms with Gasteiger partial charge < -0.3 is 15.4 Å². The molecule has 3 rings (SSSR count). The second kappa shape index (κ2) is 9.58. The number of nitrogens with zero attached hydrogens (tertiary/aromatic N) is 4. The summed E-state index contributed by atoms with van der Waals surface area (Å²) in [6.07, 6.45) is -2.51. The number of amides is 1. The number of ether oxygens (including phenoxy) is 1. The average Bonchev–Trinajstić information content (AvgIpc) is 3.10. The fourth-order valence-corrected chi connectivity index (χ4v) is 3.41. The van der Waals surface area contributed by atoms with E-state index in [0.29, 0.717) is 42.7 Å². The van der Waals surface area contributed by atoms with E-state index >= 15 is 0 Å². The van der Waals surface area contributed by atoms with Gasteiger partial charge in [0, 0.05) is 19.5 Å². The van der Waals surface area contributed by atoms with Crippen LogP contribution in [-0.4, -0.2) is 45.7 Å². The Morgan fingerprint density at radius 2 is 1.91 bits per heavy atom. The minimum atomic E-state index is -4.53. The molecule has 0 fully saturated rings. The highest BCUT2D eigenvalue weighted by Gasteiger charge is 2.32. The minimum Gasteiger partial charge on any atom is -0.494 e. The molecular formula is C21H27F3N6O2. The number of rotatable bonds is 9. The molecule has 0 aliphatic heterocycles. The lowest BCUT2D eigenvalue weighted by molar-refractivity contribution is -0.137. The summed E-state index contributed by atoms with van der Waals surface area (Å²) in [5, 5.41) is 14.2. The van der Waals surface area contributed by atoms with Crippen LogP contribution in [0.15, 0.2) is 12.1 Å². The number of aromatic nitrogens is 4. The number of fused-ring (bicyclic) bond motifs is 3. The maximum absolute atomic E-state index is 13.4. The lowest BCUT2D eigenvalue weighted by Crippen LogP contribution is -2.25. The molecule has 8 nitrogen and oxygen atoms in total. The van der Waals surface area contributed by atoms with Crippen LogP contribution in [0.5, 0.6) is 5.75 Å². The van der Waals surface area contributed by atoms with E-state index in [1.54, 1.807) is 6.92 Å². The number of unbranched alkanes of at least 4 members (excludes halogenated alkanes) is 1. The topological polar surface area (TPSA) is 93.4 Å². The molecule has 0 bridgehead atoms. The maximum Gasteiger partial charge on any atom is 0.416 e. The number of alkyl halides is 3. The van der Waals surface area contributed by atoms with E-state index in [2.05, 4.69) is 25.8 Å². The summed E-state index contributed by atoms with van der Waals surface area (Å²) in [6, 6.07) is 1.96. The van der Waals surface area contributed by atoms with Gasteiger partial charge in [0.25, 0.3) is 0 Å².